The van der Waals surface area contributed by atoms with Crippen LogP contribution in [0.2, 0.25) is 0 Å². The van der Waals surface area contributed by atoms with E-state index in [0.717, 1.165) is 17.0 Å². The lowest BCUT2D eigenvalue weighted by Gasteiger charge is -2.22. The molecular formula is C33H28F2N4O3. The molecule has 0 aliphatic carbocycles. The maximum Gasteiger partial charge on any atom is 0.251 e. The molecular weight excluding hydrogens is 538 g/mol. The monoisotopic (exact) mass is 566 g/mol. The number of rotatable bonds is 9. The summed E-state index contributed by atoms with van der Waals surface area (Å²) in [5.41, 5.74) is 3.81. The Morgan fingerprint density at radius 1 is 0.929 bits per heavy atom. The van der Waals surface area contributed by atoms with Gasteiger partial charge in [0.25, 0.3) is 5.91 Å². The Balaban J connectivity index is 1.53. The van der Waals surface area contributed by atoms with Crippen molar-refractivity contribution in [2.45, 2.75) is 25.9 Å². The summed E-state index contributed by atoms with van der Waals surface area (Å²) >= 11 is 0. The average Bonchev–Trinajstić information content (AvgIpc) is 3.34. The molecule has 5 aromatic rings. The minimum Gasteiger partial charge on any atom is -0.355 e. The molecule has 9 heteroatoms. The molecule has 0 fully saturated rings. The fourth-order valence-electron chi connectivity index (χ4n) is 5.15. The average molecular weight is 567 g/mol. The van der Waals surface area contributed by atoms with Crippen molar-refractivity contribution < 1.29 is 23.2 Å². The quantitative estimate of drug-likeness (QED) is 0.226. The van der Waals surface area contributed by atoms with Crippen LogP contribution in [-0.2, 0) is 17.8 Å². The van der Waals surface area contributed by atoms with Crippen molar-refractivity contribution in [2.24, 2.45) is 0 Å². The Morgan fingerprint density at radius 2 is 1.69 bits per heavy atom. The van der Waals surface area contributed by atoms with Gasteiger partial charge < -0.3 is 15.2 Å². The SMILES string of the molecule is CNC(=O)c1cccc(-c2cccnc2[C@H](Cc2cc(F)cc(F)c2)NC(=O)Cn2cc(C(C)=O)c3ccccc32)c1. The number of ketones is 1. The predicted octanol–water partition coefficient (Wildman–Crippen LogP) is 5.64. The number of benzene rings is 3. The highest BCUT2D eigenvalue weighted by molar-refractivity contribution is 6.07. The molecule has 0 saturated carbocycles. The molecule has 0 unspecified atom stereocenters. The molecule has 0 spiro atoms. The first-order valence-electron chi connectivity index (χ1n) is 13.3. The second kappa shape index (κ2) is 12.1. The summed E-state index contributed by atoms with van der Waals surface area (Å²) in [7, 11) is 1.54. The lowest BCUT2D eigenvalue weighted by Crippen LogP contribution is -2.33. The zero-order valence-electron chi connectivity index (χ0n) is 23.0. The number of hydrogen-bond acceptors (Lipinski definition) is 4. The molecule has 2 amide bonds. The number of hydrogen-bond donors (Lipinski definition) is 2. The van der Waals surface area contributed by atoms with Crippen molar-refractivity contribution in [3.05, 3.63) is 125 Å². The van der Waals surface area contributed by atoms with Gasteiger partial charge in [-0.25, -0.2) is 8.78 Å². The smallest absolute Gasteiger partial charge is 0.251 e. The summed E-state index contributed by atoms with van der Waals surface area (Å²) < 4.78 is 30.0. The normalized spacial score (nSPS) is 11.7. The minimum atomic E-state index is -0.785. The van der Waals surface area contributed by atoms with Gasteiger partial charge in [-0.05, 0) is 60.9 Å². The lowest BCUT2D eigenvalue weighted by atomic mass is 9.94. The number of aromatic nitrogens is 2. The van der Waals surface area contributed by atoms with E-state index in [9.17, 15) is 23.2 Å². The number of carbonyl (C=O) groups excluding carboxylic acids is 3. The molecule has 0 aliphatic heterocycles. The molecule has 42 heavy (non-hydrogen) atoms. The highest BCUT2D eigenvalue weighted by Gasteiger charge is 2.23. The molecule has 212 valence electrons. The Kier molecular flexibility index (Phi) is 8.19. The first-order valence-corrected chi connectivity index (χ1v) is 13.3. The number of nitrogens with one attached hydrogen (secondary N) is 2. The number of Topliss-reactive ketones (excluding diaryl/α,β-unsaturated/α-hetero) is 1. The Labute approximate surface area is 241 Å². The maximum absolute atomic E-state index is 14.1. The fraction of sp³-hybridized carbons (Fsp3) is 0.152. The van der Waals surface area contributed by atoms with Gasteiger partial charge in [0.05, 0.1) is 11.7 Å². The molecule has 0 bridgehead atoms. The zero-order chi connectivity index (χ0) is 29.8. The predicted molar refractivity (Wildman–Crippen MR) is 156 cm³/mol. The van der Waals surface area contributed by atoms with Gasteiger partial charge in [0.15, 0.2) is 5.78 Å². The first kappa shape index (κ1) is 28.4. The van der Waals surface area contributed by atoms with E-state index in [1.807, 2.05) is 36.4 Å². The second-order valence-electron chi connectivity index (χ2n) is 9.94. The van der Waals surface area contributed by atoms with Crippen molar-refractivity contribution in [1.29, 1.82) is 0 Å². The van der Waals surface area contributed by atoms with Crippen molar-refractivity contribution >= 4 is 28.5 Å². The van der Waals surface area contributed by atoms with Crippen LogP contribution >= 0.6 is 0 Å². The van der Waals surface area contributed by atoms with E-state index in [-0.39, 0.29) is 30.6 Å². The van der Waals surface area contributed by atoms with Crippen LogP contribution in [0.3, 0.4) is 0 Å². The van der Waals surface area contributed by atoms with E-state index in [1.54, 1.807) is 48.3 Å². The van der Waals surface area contributed by atoms with Crippen LogP contribution in [0.4, 0.5) is 8.78 Å². The number of pyridine rings is 1. The molecule has 0 saturated heterocycles. The van der Waals surface area contributed by atoms with Gasteiger partial charge in [-0.15, -0.1) is 0 Å². The van der Waals surface area contributed by atoms with E-state index in [2.05, 4.69) is 15.6 Å². The number of amides is 2. The Hall–Kier alpha value is -5.18. The Morgan fingerprint density at radius 3 is 2.43 bits per heavy atom. The van der Waals surface area contributed by atoms with E-state index < -0.39 is 17.7 Å². The number of carbonyl (C=O) groups is 3. The van der Waals surface area contributed by atoms with Crippen molar-refractivity contribution in [1.82, 2.24) is 20.2 Å². The molecule has 2 aromatic heterocycles. The molecule has 5 rings (SSSR count). The van der Waals surface area contributed by atoms with Crippen LogP contribution in [0, 0.1) is 11.6 Å². The third-order valence-corrected chi connectivity index (χ3v) is 7.01. The van der Waals surface area contributed by atoms with Gasteiger partial charge in [0, 0.05) is 53.1 Å². The molecule has 7 nitrogen and oxygen atoms in total. The third-order valence-electron chi connectivity index (χ3n) is 7.01. The van der Waals surface area contributed by atoms with E-state index >= 15 is 0 Å². The highest BCUT2D eigenvalue weighted by Crippen LogP contribution is 2.30. The lowest BCUT2D eigenvalue weighted by molar-refractivity contribution is -0.122. The standard InChI is InChI=1S/C33H28F2N4O3/c1-20(40)28-18-39(30-11-4-3-9-27(28)30)19-31(41)38-29(15-21-13-24(34)17-25(35)14-21)32-26(10-6-12-37-32)22-7-5-8-23(16-22)33(42)36-2/h3-14,16-18,29H,15,19H2,1-2H3,(H,36,42)(H,38,41)/t29-/m0/s1. The first-order chi connectivity index (χ1) is 20.2. The van der Waals surface area contributed by atoms with Crippen LogP contribution in [-0.4, -0.2) is 34.2 Å². The van der Waals surface area contributed by atoms with Gasteiger partial charge in [-0.3, -0.25) is 19.4 Å². The largest absolute Gasteiger partial charge is 0.355 e. The second-order valence-corrected chi connectivity index (χ2v) is 9.94. The van der Waals surface area contributed by atoms with Crippen LogP contribution < -0.4 is 10.6 Å². The van der Waals surface area contributed by atoms with Crippen molar-refractivity contribution in [3.8, 4) is 11.1 Å². The number of nitrogens with zero attached hydrogens (tertiary/aromatic N) is 2. The summed E-state index contributed by atoms with van der Waals surface area (Å²) in [5.74, 6) is -2.22. The van der Waals surface area contributed by atoms with Gasteiger partial charge in [0.2, 0.25) is 5.91 Å². The molecule has 1 atom stereocenters. The number of halogens is 2. The summed E-state index contributed by atoms with van der Waals surface area (Å²) in [6, 6.07) is 20.3. The minimum absolute atomic E-state index is 0.0463. The summed E-state index contributed by atoms with van der Waals surface area (Å²) in [4.78, 5) is 42.6. The molecule has 3 aromatic carbocycles. The maximum atomic E-state index is 14.1. The van der Waals surface area contributed by atoms with Gasteiger partial charge in [0.1, 0.15) is 18.2 Å². The summed E-state index contributed by atoms with van der Waals surface area (Å²) in [6.07, 6.45) is 3.27. The fourth-order valence-corrected chi connectivity index (χ4v) is 5.15. The molecule has 0 radical (unpaired) electrons. The topological polar surface area (TPSA) is 93.1 Å². The Bertz CT molecular complexity index is 1790. The zero-order valence-corrected chi connectivity index (χ0v) is 23.0. The van der Waals surface area contributed by atoms with E-state index in [1.165, 1.54) is 19.1 Å². The van der Waals surface area contributed by atoms with Gasteiger partial charge >= 0.3 is 0 Å². The van der Waals surface area contributed by atoms with E-state index in [0.29, 0.717) is 33.5 Å². The van der Waals surface area contributed by atoms with Crippen LogP contribution in [0.15, 0.2) is 91.3 Å². The van der Waals surface area contributed by atoms with Gasteiger partial charge in [-0.1, -0.05) is 36.4 Å². The molecule has 2 N–H and O–H groups in total. The van der Waals surface area contributed by atoms with Gasteiger partial charge in [-0.2, -0.15) is 0 Å². The van der Waals surface area contributed by atoms with E-state index in [4.69, 9.17) is 0 Å². The van der Waals surface area contributed by atoms with Crippen molar-refractivity contribution in [3.63, 3.8) is 0 Å². The van der Waals surface area contributed by atoms with Crippen molar-refractivity contribution in [2.75, 3.05) is 7.05 Å². The number of fused-ring (bicyclic) bond motifs is 1. The van der Waals surface area contributed by atoms with Crippen LogP contribution in [0.5, 0.6) is 0 Å². The molecule has 2 heterocycles. The van der Waals surface area contributed by atoms with Crippen LogP contribution in [0.1, 0.15) is 44.9 Å². The highest BCUT2D eigenvalue weighted by atomic mass is 19.1. The summed E-state index contributed by atoms with van der Waals surface area (Å²) in [6.45, 7) is 1.37. The third kappa shape index (κ3) is 6.10. The molecule has 0 aliphatic rings. The summed E-state index contributed by atoms with van der Waals surface area (Å²) in [5, 5.41) is 6.35. The number of para-hydroxylation sites is 1. The van der Waals surface area contributed by atoms with Crippen LogP contribution in [0.25, 0.3) is 22.0 Å².